The molecule has 2 aromatic rings. The fraction of sp³-hybridized carbons (Fsp3) is 0.542. The summed E-state index contributed by atoms with van der Waals surface area (Å²) in [6.45, 7) is 5.10. The Bertz CT molecular complexity index is 885. The molecule has 1 aromatic carbocycles. The molecule has 1 aliphatic carbocycles. The van der Waals surface area contributed by atoms with E-state index in [4.69, 9.17) is 21.9 Å². The van der Waals surface area contributed by atoms with E-state index in [1.807, 2.05) is 6.07 Å². The number of methoxy groups -OCH3 is 1. The van der Waals surface area contributed by atoms with Gasteiger partial charge >= 0.3 is 0 Å². The molecule has 166 valence electrons. The van der Waals surface area contributed by atoms with Crippen LogP contribution in [0.1, 0.15) is 51.0 Å². The van der Waals surface area contributed by atoms with Gasteiger partial charge in [0, 0.05) is 31.1 Å². The third-order valence-corrected chi connectivity index (χ3v) is 6.89. The maximum Gasteiger partial charge on any atom is 0.234 e. The number of benzene rings is 1. The summed E-state index contributed by atoms with van der Waals surface area (Å²) in [5, 5.41) is 7.18. The van der Waals surface area contributed by atoms with Crippen LogP contribution < -0.4 is 20.3 Å². The summed E-state index contributed by atoms with van der Waals surface area (Å²) in [4.78, 5) is 11.5. The summed E-state index contributed by atoms with van der Waals surface area (Å²) in [5.74, 6) is 2.57. The van der Waals surface area contributed by atoms with Crippen molar-refractivity contribution in [3.05, 3.63) is 42.0 Å². The van der Waals surface area contributed by atoms with Crippen LogP contribution in [0.2, 0.25) is 0 Å². The molecule has 2 fully saturated rings. The molecule has 0 amide bonds. The van der Waals surface area contributed by atoms with Gasteiger partial charge in [-0.3, -0.25) is 0 Å². The molecule has 7 heteroatoms. The largest absolute Gasteiger partial charge is 0.481 e. The minimum Gasteiger partial charge on any atom is -0.481 e. The van der Waals surface area contributed by atoms with Crippen molar-refractivity contribution in [1.29, 1.82) is 0 Å². The number of rotatable bonds is 6. The molecule has 1 aromatic heterocycles. The number of hydrogen-bond donors (Lipinski definition) is 2. The highest BCUT2D eigenvalue weighted by molar-refractivity contribution is 7.80. The lowest BCUT2D eigenvalue weighted by atomic mass is 9.79. The van der Waals surface area contributed by atoms with E-state index in [1.54, 1.807) is 7.11 Å². The maximum atomic E-state index is 5.61. The van der Waals surface area contributed by atoms with Crippen molar-refractivity contribution in [2.45, 2.75) is 50.9 Å². The second-order valence-electron chi connectivity index (χ2n) is 8.95. The normalized spacial score (nSPS) is 20.3. The van der Waals surface area contributed by atoms with Gasteiger partial charge in [-0.25, -0.2) is 0 Å². The van der Waals surface area contributed by atoms with Crippen LogP contribution >= 0.6 is 12.2 Å². The summed E-state index contributed by atoms with van der Waals surface area (Å²) in [5.41, 5.74) is 1.53. The van der Waals surface area contributed by atoms with Crippen molar-refractivity contribution in [2.75, 3.05) is 37.0 Å². The Hall–Kier alpha value is -2.41. The van der Waals surface area contributed by atoms with Gasteiger partial charge in [0.2, 0.25) is 11.8 Å². The minimum absolute atomic E-state index is 0.136. The molecule has 2 N–H and O–H groups in total. The number of anilines is 2. The van der Waals surface area contributed by atoms with Crippen molar-refractivity contribution in [3.63, 3.8) is 0 Å². The van der Waals surface area contributed by atoms with E-state index >= 15 is 0 Å². The summed E-state index contributed by atoms with van der Waals surface area (Å²) < 4.78 is 5.43. The lowest BCUT2D eigenvalue weighted by molar-refractivity contribution is 0.396. The molecule has 2 heterocycles. The second kappa shape index (κ2) is 9.81. The number of nitrogens with one attached hydrogen (secondary N) is 2. The van der Waals surface area contributed by atoms with Gasteiger partial charge in [-0.1, -0.05) is 50.1 Å². The predicted molar refractivity (Wildman–Crippen MR) is 130 cm³/mol. The predicted octanol–water partition coefficient (Wildman–Crippen LogP) is 4.52. The maximum absolute atomic E-state index is 5.61. The number of nitrogens with zero attached hydrogens (tertiary/aromatic N) is 3. The van der Waals surface area contributed by atoms with Crippen LogP contribution in [0.4, 0.5) is 11.8 Å². The highest BCUT2D eigenvalue weighted by Crippen LogP contribution is 2.40. The van der Waals surface area contributed by atoms with Crippen molar-refractivity contribution in [3.8, 4) is 5.88 Å². The lowest BCUT2D eigenvalue weighted by Gasteiger charge is -2.32. The van der Waals surface area contributed by atoms with Crippen LogP contribution in [0, 0.1) is 5.92 Å². The zero-order chi connectivity index (χ0) is 21.7. The third kappa shape index (κ3) is 5.26. The molecule has 1 saturated carbocycles. The Labute approximate surface area is 190 Å². The second-order valence-corrected chi connectivity index (χ2v) is 9.35. The van der Waals surface area contributed by atoms with E-state index in [-0.39, 0.29) is 5.41 Å². The molecule has 31 heavy (non-hydrogen) atoms. The van der Waals surface area contributed by atoms with Crippen molar-refractivity contribution >= 4 is 29.1 Å². The summed E-state index contributed by atoms with van der Waals surface area (Å²) >= 11 is 5.61. The van der Waals surface area contributed by atoms with E-state index in [9.17, 15) is 0 Å². The standard InChI is InChI=1S/C24H33N5OS/c1-18-9-8-14-29(16-18)20-15-21(30-2)27-22(26-20)28-23(31)25-17-24(12-6-7-13-24)19-10-4-3-5-11-19/h3-5,10-11,15,18H,6-9,12-14,16-17H2,1-2H3,(H2,25,26,27,28,31)/t18-/m1/s1. The van der Waals surface area contributed by atoms with Crippen LogP contribution in [0.3, 0.4) is 0 Å². The average Bonchev–Trinajstić information content (AvgIpc) is 3.28. The van der Waals surface area contributed by atoms with Crippen LogP contribution in [-0.4, -0.2) is 41.8 Å². The Balaban J connectivity index is 1.44. The molecule has 4 rings (SSSR count). The molecule has 1 saturated heterocycles. The topological polar surface area (TPSA) is 62.3 Å². The Morgan fingerprint density at radius 1 is 1.19 bits per heavy atom. The van der Waals surface area contributed by atoms with Gasteiger partial charge < -0.3 is 20.3 Å². The van der Waals surface area contributed by atoms with Crippen LogP contribution in [0.25, 0.3) is 0 Å². The van der Waals surface area contributed by atoms with Gasteiger partial charge in [-0.05, 0) is 49.4 Å². The Morgan fingerprint density at radius 3 is 2.68 bits per heavy atom. The van der Waals surface area contributed by atoms with Crippen LogP contribution in [0.15, 0.2) is 36.4 Å². The SMILES string of the molecule is COc1cc(N2CCC[C@@H](C)C2)nc(NC(=S)NCC2(c3ccccc3)CCCC2)n1. The zero-order valence-corrected chi connectivity index (χ0v) is 19.4. The van der Waals surface area contributed by atoms with Gasteiger partial charge in [0.25, 0.3) is 0 Å². The lowest BCUT2D eigenvalue weighted by Crippen LogP contribution is -2.41. The fourth-order valence-corrected chi connectivity index (χ4v) is 5.10. The van der Waals surface area contributed by atoms with Crippen molar-refractivity contribution in [1.82, 2.24) is 15.3 Å². The van der Waals surface area contributed by atoms with E-state index in [2.05, 4.69) is 57.8 Å². The highest BCUT2D eigenvalue weighted by atomic mass is 32.1. The first-order valence-electron chi connectivity index (χ1n) is 11.4. The molecule has 1 atom stereocenters. The number of hydrogen-bond acceptors (Lipinski definition) is 5. The Kier molecular flexibility index (Phi) is 6.90. The van der Waals surface area contributed by atoms with E-state index in [1.165, 1.54) is 44.1 Å². The molecule has 0 bridgehead atoms. The molecule has 0 unspecified atom stereocenters. The molecule has 1 aliphatic heterocycles. The van der Waals surface area contributed by atoms with Crippen LogP contribution in [0.5, 0.6) is 5.88 Å². The zero-order valence-electron chi connectivity index (χ0n) is 18.6. The fourth-order valence-electron chi connectivity index (χ4n) is 4.94. The summed E-state index contributed by atoms with van der Waals surface area (Å²) in [6, 6.07) is 12.7. The number of ether oxygens (including phenoxy) is 1. The first kappa shape index (κ1) is 21.8. The first-order valence-corrected chi connectivity index (χ1v) is 11.8. The quantitative estimate of drug-likeness (QED) is 0.642. The molecule has 0 spiro atoms. The molecule has 2 aliphatic rings. The first-order chi connectivity index (χ1) is 15.1. The van der Waals surface area contributed by atoms with Gasteiger partial charge in [0.15, 0.2) is 5.11 Å². The number of piperidine rings is 1. The van der Waals surface area contributed by atoms with E-state index in [0.29, 0.717) is 22.9 Å². The molecular formula is C24H33N5OS. The van der Waals surface area contributed by atoms with E-state index in [0.717, 1.165) is 25.5 Å². The third-order valence-electron chi connectivity index (χ3n) is 6.64. The average molecular weight is 440 g/mol. The Morgan fingerprint density at radius 2 is 1.97 bits per heavy atom. The smallest absolute Gasteiger partial charge is 0.234 e. The summed E-state index contributed by atoms with van der Waals surface area (Å²) in [6.07, 6.45) is 7.32. The van der Waals surface area contributed by atoms with Crippen LogP contribution in [-0.2, 0) is 5.41 Å². The van der Waals surface area contributed by atoms with Gasteiger partial charge in [0.1, 0.15) is 5.82 Å². The number of thiocarbonyl (C=S) groups is 1. The van der Waals surface area contributed by atoms with Crippen molar-refractivity contribution < 1.29 is 4.74 Å². The highest BCUT2D eigenvalue weighted by Gasteiger charge is 2.35. The molecule has 6 nitrogen and oxygen atoms in total. The molecule has 0 radical (unpaired) electrons. The molecular weight excluding hydrogens is 406 g/mol. The van der Waals surface area contributed by atoms with Gasteiger partial charge in [-0.2, -0.15) is 9.97 Å². The number of aromatic nitrogens is 2. The van der Waals surface area contributed by atoms with Crippen molar-refractivity contribution in [2.24, 2.45) is 5.92 Å². The van der Waals surface area contributed by atoms with Gasteiger partial charge in [0.05, 0.1) is 7.11 Å². The van der Waals surface area contributed by atoms with E-state index < -0.39 is 0 Å². The monoisotopic (exact) mass is 439 g/mol. The van der Waals surface area contributed by atoms with Gasteiger partial charge in [-0.15, -0.1) is 0 Å². The summed E-state index contributed by atoms with van der Waals surface area (Å²) in [7, 11) is 1.63. The minimum atomic E-state index is 0.136.